The van der Waals surface area contributed by atoms with Crippen molar-refractivity contribution in [3.63, 3.8) is 0 Å². The van der Waals surface area contributed by atoms with Crippen LogP contribution in [0.1, 0.15) is 39.7 Å². The number of rotatable bonds is 1. The first-order chi connectivity index (χ1) is 8.39. The summed E-state index contributed by atoms with van der Waals surface area (Å²) in [5.74, 6) is 0.561. The van der Waals surface area contributed by atoms with Gasteiger partial charge in [-0.3, -0.25) is 4.79 Å². The highest BCUT2D eigenvalue weighted by Crippen LogP contribution is 2.33. The van der Waals surface area contributed by atoms with Crippen LogP contribution < -0.4 is 4.90 Å². The first-order valence-electron chi connectivity index (χ1n) is 6.77. The Hall–Kier alpha value is -1.31. The van der Waals surface area contributed by atoms with Crippen molar-refractivity contribution in [2.45, 2.75) is 39.5 Å². The number of piperidine rings is 1. The number of ketones is 1. The summed E-state index contributed by atoms with van der Waals surface area (Å²) in [7, 11) is 0. The summed E-state index contributed by atoms with van der Waals surface area (Å²) >= 11 is 0. The second-order valence-corrected chi connectivity index (χ2v) is 6.33. The van der Waals surface area contributed by atoms with E-state index >= 15 is 0 Å². The highest BCUT2D eigenvalue weighted by atomic mass is 16.1. The molecule has 0 aliphatic carbocycles. The molecule has 1 aliphatic rings. The molecule has 1 aromatic carbocycles. The maximum Gasteiger partial charge on any atom is 0.139 e. The van der Waals surface area contributed by atoms with E-state index in [1.54, 1.807) is 0 Å². The van der Waals surface area contributed by atoms with Crippen LogP contribution in [0.2, 0.25) is 0 Å². The van der Waals surface area contributed by atoms with Gasteiger partial charge in [-0.25, -0.2) is 0 Å². The molecular formula is C16H23NO. The van der Waals surface area contributed by atoms with Crippen LogP contribution in [-0.4, -0.2) is 18.9 Å². The minimum atomic E-state index is 0.140. The van der Waals surface area contributed by atoms with Gasteiger partial charge in [0, 0.05) is 31.1 Å². The highest BCUT2D eigenvalue weighted by Gasteiger charge is 2.27. The van der Waals surface area contributed by atoms with Crippen molar-refractivity contribution in [2.75, 3.05) is 18.0 Å². The van der Waals surface area contributed by atoms with Crippen molar-refractivity contribution in [3.8, 4) is 0 Å². The molecule has 0 radical (unpaired) electrons. The fourth-order valence-corrected chi connectivity index (χ4v) is 2.62. The Balaban J connectivity index is 2.31. The van der Waals surface area contributed by atoms with Crippen molar-refractivity contribution in [1.82, 2.24) is 0 Å². The monoisotopic (exact) mass is 245 g/mol. The second-order valence-electron chi connectivity index (χ2n) is 6.33. The second kappa shape index (κ2) is 4.75. The number of hydrogen-bond donors (Lipinski definition) is 0. The molecule has 1 aromatic rings. The molecule has 1 saturated heterocycles. The number of hydrogen-bond acceptors (Lipinski definition) is 2. The van der Waals surface area contributed by atoms with Crippen molar-refractivity contribution in [1.29, 1.82) is 0 Å². The van der Waals surface area contributed by atoms with Gasteiger partial charge in [0.25, 0.3) is 0 Å². The van der Waals surface area contributed by atoms with Crippen molar-refractivity contribution in [3.05, 3.63) is 29.8 Å². The fraction of sp³-hybridized carbons (Fsp3) is 0.562. The normalized spacial score (nSPS) is 21.2. The van der Waals surface area contributed by atoms with E-state index < -0.39 is 0 Å². The Bertz CT molecular complexity index is 445. The molecular weight excluding hydrogens is 222 g/mol. The van der Waals surface area contributed by atoms with E-state index in [2.05, 4.69) is 49.9 Å². The molecule has 1 heterocycles. The summed E-state index contributed by atoms with van der Waals surface area (Å²) in [6, 6.07) is 8.58. The average Bonchev–Trinajstić information content (AvgIpc) is 2.32. The first kappa shape index (κ1) is 13.1. The van der Waals surface area contributed by atoms with Gasteiger partial charge in [-0.05, 0) is 17.0 Å². The molecule has 0 amide bonds. The minimum Gasteiger partial charge on any atom is -0.370 e. The Kier molecular flexibility index (Phi) is 3.47. The minimum absolute atomic E-state index is 0.140. The molecule has 0 bridgehead atoms. The number of benzene rings is 1. The topological polar surface area (TPSA) is 20.3 Å². The zero-order valence-electron chi connectivity index (χ0n) is 11.9. The summed E-state index contributed by atoms with van der Waals surface area (Å²) in [5.41, 5.74) is 2.80. The molecule has 1 fully saturated rings. The predicted molar refractivity (Wildman–Crippen MR) is 76.1 cm³/mol. The third-order valence-corrected chi connectivity index (χ3v) is 3.72. The number of Topliss-reactive ketones (excluding diaryl/α,β-unsaturated/α-hetero) is 1. The number of para-hydroxylation sites is 1. The van der Waals surface area contributed by atoms with Crippen LogP contribution in [0, 0.1) is 5.92 Å². The molecule has 1 unspecified atom stereocenters. The third-order valence-electron chi connectivity index (χ3n) is 3.72. The Morgan fingerprint density at radius 2 is 1.89 bits per heavy atom. The molecule has 1 atom stereocenters. The van der Waals surface area contributed by atoms with Gasteiger partial charge in [-0.2, -0.15) is 0 Å². The molecule has 0 saturated carbocycles. The summed E-state index contributed by atoms with van der Waals surface area (Å²) in [6.45, 7) is 10.5. The number of carbonyl (C=O) groups excluding carboxylic acids is 1. The van der Waals surface area contributed by atoms with E-state index in [0.29, 0.717) is 12.2 Å². The lowest BCUT2D eigenvalue weighted by molar-refractivity contribution is -0.122. The first-order valence-corrected chi connectivity index (χ1v) is 6.77. The van der Waals surface area contributed by atoms with Crippen LogP contribution in [0.4, 0.5) is 5.69 Å². The van der Waals surface area contributed by atoms with E-state index in [1.165, 1.54) is 11.3 Å². The summed E-state index contributed by atoms with van der Waals surface area (Å²) in [6.07, 6.45) is 0.680. The molecule has 2 nitrogen and oxygen atoms in total. The van der Waals surface area contributed by atoms with Crippen LogP contribution in [0.25, 0.3) is 0 Å². The lowest BCUT2D eigenvalue weighted by Gasteiger charge is -2.35. The Morgan fingerprint density at radius 3 is 2.50 bits per heavy atom. The van der Waals surface area contributed by atoms with Crippen LogP contribution in [0.5, 0.6) is 0 Å². The fourth-order valence-electron chi connectivity index (χ4n) is 2.62. The van der Waals surface area contributed by atoms with Crippen molar-refractivity contribution >= 4 is 11.5 Å². The Labute approximate surface area is 110 Å². The average molecular weight is 245 g/mol. The quantitative estimate of drug-likeness (QED) is 0.756. The van der Waals surface area contributed by atoms with E-state index in [4.69, 9.17) is 0 Å². The zero-order chi connectivity index (χ0) is 13.3. The van der Waals surface area contributed by atoms with E-state index in [9.17, 15) is 4.79 Å². The lowest BCUT2D eigenvalue weighted by Crippen LogP contribution is -2.40. The van der Waals surface area contributed by atoms with E-state index in [-0.39, 0.29) is 11.3 Å². The standard InChI is InChI=1S/C16H23NO/c1-12-11-17(10-9-15(12)18)14-8-6-5-7-13(14)16(2,3)4/h5-8,12H,9-11H2,1-4H3. The molecule has 0 aromatic heterocycles. The summed E-state index contributed by atoms with van der Waals surface area (Å²) in [5, 5.41) is 0. The van der Waals surface area contributed by atoms with Crippen LogP contribution >= 0.6 is 0 Å². The maximum atomic E-state index is 11.6. The van der Waals surface area contributed by atoms with E-state index in [0.717, 1.165) is 13.1 Å². The number of carbonyl (C=O) groups is 1. The van der Waals surface area contributed by atoms with Gasteiger partial charge in [-0.1, -0.05) is 45.9 Å². The zero-order valence-corrected chi connectivity index (χ0v) is 11.9. The molecule has 2 heteroatoms. The summed E-state index contributed by atoms with van der Waals surface area (Å²) < 4.78 is 0. The third kappa shape index (κ3) is 2.58. The van der Waals surface area contributed by atoms with Crippen LogP contribution in [-0.2, 0) is 10.2 Å². The molecule has 1 aliphatic heterocycles. The molecule has 0 N–H and O–H groups in total. The van der Waals surface area contributed by atoms with Gasteiger partial charge in [0.15, 0.2) is 0 Å². The maximum absolute atomic E-state index is 11.6. The van der Waals surface area contributed by atoms with Crippen LogP contribution in [0.15, 0.2) is 24.3 Å². The molecule has 2 rings (SSSR count). The molecule has 0 spiro atoms. The highest BCUT2D eigenvalue weighted by molar-refractivity contribution is 5.83. The SMILES string of the molecule is CC1CN(c2ccccc2C(C)(C)C)CCC1=O. The van der Waals surface area contributed by atoms with Gasteiger partial charge in [0.05, 0.1) is 0 Å². The predicted octanol–water partition coefficient (Wildman–Crippen LogP) is 3.40. The van der Waals surface area contributed by atoms with Gasteiger partial charge >= 0.3 is 0 Å². The summed E-state index contributed by atoms with van der Waals surface area (Å²) in [4.78, 5) is 14.0. The van der Waals surface area contributed by atoms with Gasteiger partial charge in [-0.15, -0.1) is 0 Å². The van der Waals surface area contributed by atoms with E-state index in [1.807, 2.05) is 6.92 Å². The smallest absolute Gasteiger partial charge is 0.139 e. The number of anilines is 1. The molecule has 98 valence electrons. The van der Waals surface area contributed by atoms with Crippen molar-refractivity contribution in [2.24, 2.45) is 5.92 Å². The lowest BCUT2D eigenvalue weighted by atomic mass is 9.85. The largest absolute Gasteiger partial charge is 0.370 e. The van der Waals surface area contributed by atoms with Crippen LogP contribution in [0.3, 0.4) is 0 Å². The van der Waals surface area contributed by atoms with Gasteiger partial charge < -0.3 is 4.90 Å². The molecule has 18 heavy (non-hydrogen) atoms. The van der Waals surface area contributed by atoms with Gasteiger partial charge in [0.1, 0.15) is 5.78 Å². The van der Waals surface area contributed by atoms with Gasteiger partial charge in [0.2, 0.25) is 0 Å². The Morgan fingerprint density at radius 1 is 1.22 bits per heavy atom. The number of nitrogens with zero attached hydrogens (tertiary/aromatic N) is 1. The van der Waals surface area contributed by atoms with Crippen molar-refractivity contribution < 1.29 is 4.79 Å².